The maximum Gasteiger partial charge on any atom is 0.310 e. The van der Waals surface area contributed by atoms with Gasteiger partial charge >= 0.3 is 5.97 Å². The van der Waals surface area contributed by atoms with Gasteiger partial charge < -0.3 is 10.2 Å². The van der Waals surface area contributed by atoms with Gasteiger partial charge in [-0.1, -0.05) is 0 Å². The second kappa shape index (κ2) is 7.10. The maximum atomic E-state index is 9.87. The molecule has 0 aliphatic heterocycles. The number of carbonyl (C=O) groups excluding carboxylic acids is 1. The summed E-state index contributed by atoms with van der Waals surface area (Å²) < 4.78 is 0. The van der Waals surface area contributed by atoms with Crippen LogP contribution >= 0.6 is 0 Å². The number of aliphatic carboxylic acids is 1. The van der Waals surface area contributed by atoms with Crippen LogP contribution in [0.15, 0.2) is 0 Å². The third kappa shape index (κ3) is 19.2. The molecule has 0 aromatic rings. The van der Waals surface area contributed by atoms with Gasteiger partial charge in [0, 0.05) is 7.11 Å². The van der Waals surface area contributed by atoms with Crippen LogP contribution in [-0.2, 0) is 9.59 Å². The summed E-state index contributed by atoms with van der Waals surface area (Å²) in [5.41, 5.74) is 0. The van der Waals surface area contributed by atoms with Crippen LogP contribution in [0.2, 0.25) is 0 Å². The van der Waals surface area contributed by atoms with Crippen LogP contribution in [0.1, 0.15) is 13.3 Å². The molecule has 0 unspecified atom stereocenters. The Bertz CT molecular complexity index is 85.1. The van der Waals surface area contributed by atoms with Crippen LogP contribution in [-0.4, -0.2) is 29.1 Å². The fourth-order valence-electron chi connectivity index (χ4n) is 0.213. The van der Waals surface area contributed by atoms with E-state index in [1.165, 1.54) is 6.92 Å². The quantitative estimate of drug-likeness (QED) is 0.506. The Labute approximate surface area is 53.1 Å². The number of carboxylic acids is 1. The molecule has 0 bridgehead atoms. The molecule has 0 aromatic heterocycles. The minimum Gasteiger partial charge on any atom is -0.481 e. The van der Waals surface area contributed by atoms with Crippen LogP contribution in [0, 0.1) is 0 Å². The molecule has 0 aromatic carbocycles. The first kappa shape index (κ1) is 11.0. The van der Waals surface area contributed by atoms with E-state index in [2.05, 4.69) is 0 Å². The lowest BCUT2D eigenvalue weighted by Gasteiger charge is -1.80. The number of Topliss-reactive ketones (excluding diaryl/α,β-unsaturated/α-hetero) is 1. The smallest absolute Gasteiger partial charge is 0.310 e. The van der Waals surface area contributed by atoms with Gasteiger partial charge in [-0.05, 0) is 6.92 Å². The number of aliphatic hydroxyl groups is 1. The first-order valence-corrected chi connectivity index (χ1v) is 2.29. The fraction of sp³-hybridized carbons (Fsp3) is 0.600. The van der Waals surface area contributed by atoms with Gasteiger partial charge in [0.1, 0.15) is 12.2 Å². The average Bonchev–Trinajstić information content (AvgIpc) is 1.68. The molecule has 4 heteroatoms. The van der Waals surface area contributed by atoms with E-state index >= 15 is 0 Å². The molecule has 4 nitrogen and oxygen atoms in total. The SMILES string of the molecule is CC(=O)CC(=O)O.CO. The molecule has 0 aliphatic carbocycles. The van der Waals surface area contributed by atoms with Crippen LogP contribution in [0.3, 0.4) is 0 Å². The summed E-state index contributed by atoms with van der Waals surface area (Å²) in [4.78, 5) is 19.5. The van der Waals surface area contributed by atoms with Crippen molar-refractivity contribution in [2.24, 2.45) is 0 Å². The summed E-state index contributed by atoms with van der Waals surface area (Å²) in [6.07, 6.45) is -0.361. The normalized spacial score (nSPS) is 7.00. The molecule has 0 atom stereocenters. The fourth-order valence-corrected chi connectivity index (χ4v) is 0.213. The van der Waals surface area contributed by atoms with Crippen LogP contribution in [0.25, 0.3) is 0 Å². The molecule has 54 valence electrons. The van der Waals surface area contributed by atoms with E-state index in [1.54, 1.807) is 0 Å². The van der Waals surface area contributed by atoms with Gasteiger partial charge in [0.05, 0.1) is 0 Å². The van der Waals surface area contributed by atoms with E-state index in [4.69, 9.17) is 10.2 Å². The third-order valence-corrected chi connectivity index (χ3v) is 0.400. The molecule has 0 heterocycles. The maximum absolute atomic E-state index is 9.87. The van der Waals surface area contributed by atoms with Crippen molar-refractivity contribution in [2.45, 2.75) is 13.3 Å². The van der Waals surface area contributed by atoms with Crippen LogP contribution in [0.5, 0.6) is 0 Å². The van der Waals surface area contributed by atoms with Crippen molar-refractivity contribution in [2.75, 3.05) is 7.11 Å². The van der Waals surface area contributed by atoms with E-state index in [0.717, 1.165) is 7.11 Å². The first-order chi connectivity index (χ1) is 4.13. The Kier molecular flexibility index (Phi) is 8.66. The van der Waals surface area contributed by atoms with Gasteiger partial charge in [-0.25, -0.2) is 0 Å². The number of hydrogen-bond acceptors (Lipinski definition) is 3. The molecule has 0 aliphatic rings. The second-order valence-electron chi connectivity index (χ2n) is 1.27. The Hall–Kier alpha value is -0.900. The predicted molar refractivity (Wildman–Crippen MR) is 31.1 cm³/mol. The first-order valence-electron chi connectivity index (χ1n) is 2.29. The van der Waals surface area contributed by atoms with Gasteiger partial charge in [0.15, 0.2) is 0 Å². The zero-order valence-electron chi connectivity index (χ0n) is 5.42. The van der Waals surface area contributed by atoms with E-state index in [9.17, 15) is 9.59 Å². The van der Waals surface area contributed by atoms with Crippen molar-refractivity contribution in [3.8, 4) is 0 Å². The summed E-state index contributed by atoms with van der Waals surface area (Å²) in [5.74, 6) is -1.37. The summed E-state index contributed by atoms with van der Waals surface area (Å²) in [6, 6.07) is 0. The standard InChI is InChI=1S/C4H6O3.CH4O/c1-3(5)2-4(6)7;1-2/h2H2,1H3,(H,6,7);2H,1H3. The summed E-state index contributed by atoms with van der Waals surface area (Å²) in [6.45, 7) is 1.24. The largest absolute Gasteiger partial charge is 0.481 e. The Morgan fingerprint density at radius 2 is 1.67 bits per heavy atom. The third-order valence-electron chi connectivity index (χ3n) is 0.400. The molecular weight excluding hydrogens is 124 g/mol. The molecule has 2 N–H and O–H groups in total. The van der Waals surface area contributed by atoms with Gasteiger partial charge in [-0.2, -0.15) is 0 Å². The van der Waals surface area contributed by atoms with Gasteiger partial charge in [0.25, 0.3) is 0 Å². The molecule has 0 spiro atoms. The monoisotopic (exact) mass is 134 g/mol. The van der Waals surface area contributed by atoms with Gasteiger partial charge in [0.2, 0.25) is 0 Å². The van der Waals surface area contributed by atoms with Crippen molar-refractivity contribution in [1.82, 2.24) is 0 Å². The van der Waals surface area contributed by atoms with Crippen molar-refractivity contribution in [3.63, 3.8) is 0 Å². The highest BCUT2D eigenvalue weighted by atomic mass is 16.4. The Morgan fingerprint density at radius 3 is 1.67 bits per heavy atom. The number of carbonyl (C=O) groups is 2. The molecule has 0 saturated heterocycles. The van der Waals surface area contributed by atoms with E-state index < -0.39 is 5.97 Å². The molecule has 0 amide bonds. The molecule has 0 fully saturated rings. The minimum atomic E-state index is -1.06. The number of carboxylic acid groups (broad SMARTS) is 1. The number of rotatable bonds is 2. The molecular formula is C5H10O4. The van der Waals surface area contributed by atoms with Crippen molar-refractivity contribution >= 4 is 11.8 Å². The minimum absolute atomic E-state index is 0.312. The summed E-state index contributed by atoms with van der Waals surface area (Å²) in [7, 11) is 1.00. The van der Waals surface area contributed by atoms with E-state index in [1.807, 2.05) is 0 Å². The van der Waals surface area contributed by atoms with Crippen molar-refractivity contribution in [3.05, 3.63) is 0 Å². The molecule has 0 radical (unpaired) electrons. The van der Waals surface area contributed by atoms with E-state index in [-0.39, 0.29) is 12.2 Å². The van der Waals surface area contributed by atoms with Gasteiger partial charge in [-0.3, -0.25) is 9.59 Å². The zero-order valence-corrected chi connectivity index (χ0v) is 5.42. The van der Waals surface area contributed by atoms with Crippen LogP contribution in [0.4, 0.5) is 0 Å². The second-order valence-corrected chi connectivity index (χ2v) is 1.27. The summed E-state index contributed by atoms with van der Waals surface area (Å²) >= 11 is 0. The molecule has 0 rings (SSSR count). The van der Waals surface area contributed by atoms with E-state index in [0.29, 0.717) is 0 Å². The highest BCUT2D eigenvalue weighted by molar-refractivity contribution is 5.93. The topological polar surface area (TPSA) is 74.6 Å². The Morgan fingerprint density at radius 1 is 1.33 bits per heavy atom. The molecule has 0 saturated carbocycles. The lowest BCUT2D eigenvalue weighted by atomic mass is 10.3. The summed E-state index contributed by atoms with van der Waals surface area (Å²) in [5, 5.41) is 14.9. The zero-order chi connectivity index (χ0) is 7.86. The van der Waals surface area contributed by atoms with Crippen LogP contribution < -0.4 is 0 Å². The van der Waals surface area contributed by atoms with Gasteiger partial charge in [-0.15, -0.1) is 0 Å². The van der Waals surface area contributed by atoms with Crippen molar-refractivity contribution < 1.29 is 19.8 Å². The predicted octanol–water partition coefficient (Wildman–Crippen LogP) is -0.341. The molecule has 9 heavy (non-hydrogen) atoms. The number of hydrogen-bond donors (Lipinski definition) is 2. The Balaban J connectivity index is 0. The number of ketones is 1. The average molecular weight is 134 g/mol. The highest BCUT2D eigenvalue weighted by Crippen LogP contribution is 1.77. The number of aliphatic hydroxyl groups excluding tert-OH is 1. The highest BCUT2D eigenvalue weighted by Gasteiger charge is 1.98. The van der Waals surface area contributed by atoms with Crippen molar-refractivity contribution in [1.29, 1.82) is 0 Å². The lowest BCUT2D eigenvalue weighted by molar-refractivity contribution is -0.139. The lowest BCUT2D eigenvalue weighted by Crippen LogP contribution is -2.00.